The quantitative estimate of drug-likeness (QED) is 0.501. The van der Waals surface area contributed by atoms with Gasteiger partial charge in [0.15, 0.2) is 0 Å². The third kappa shape index (κ3) is 3.64. The lowest BCUT2D eigenvalue weighted by atomic mass is 9.75. The molecule has 1 aliphatic carbocycles. The average Bonchev–Trinajstić information content (AvgIpc) is 3.56. The maximum absolute atomic E-state index is 12.2. The molecular weight excluding hydrogens is 494 g/mol. The maximum Gasteiger partial charge on any atom is 0.230 e. The lowest BCUT2D eigenvalue weighted by molar-refractivity contribution is -0.138. The van der Waals surface area contributed by atoms with Crippen LogP contribution < -0.4 is 10.2 Å². The monoisotopic (exact) mass is 521 g/mol. The van der Waals surface area contributed by atoms with Crippen LogP contribution in [0.5, 0.6) is 0 Å². The molecule has 2 saturated heterocycles. The van der Waals surface area contributed by atoms with Gasteiger partial charge in [0.2, 0.25) is 11.8 Å². The largest absolute Gasteiger partial charge is 0.366 e. The summed E-state index contributed by atoms with van der Waals surface area (Å²) < 4.78 is 0.974. The van der Waals surface area contributed by atoms with Crippen LogP contribution in [0, 0.1) is 0 Å². The van der Waals surface area contributed by atoms with Gasteiger partial charge in [0.1, 0.15) is 6.33 Å². The maximum atomic E-state index is 12.2. The fourth-order valence-corrected chi connectivity index (χ4v) is 7.89. The number of amides is 2. The number of imide groups is 1. The summed E-state index contributed by atoms with van der Waals surface area (Å²) in [5.74, 6) is -0.199. The van der Waals surface area contributed by atoms with Crippen LogP contribution in [0.3, 0.4) is 0 Å². The number of hydrogen-bond acceptors (Lipinski definition) is 7. The van der Waals surface area contributed by atoms with Crippen molar-refractivity contribution in [3.05, 3.63) is 40.0 Å². The highest BCUT2D eigenvalue weighted by molar-refractivity contribution is 7.19. The highest BCUT2D eigenvalue weighted by atomic mass is 35.5. The Morgan fingerprint density at radius 2 is 1.92 bits per heavy atom. The Kier molecular flexibility index (Phi) is 5.34. The first kappa shape index (κ1) is 22.6. The van der Waals surface area contributed by atoms with E-state index in [1.165, 1.54) is 41.8 Å². The van der Waals surface area contributed by atoms with Gasteiger partial charge in [0, 0.05) is 58.7 Å². The smallest absolute Gasteiger partial charge is 0.230 e. The van der Waals surface area contributed by atoms with E-state index < -0.39 is 0 Å². The van der Waals surface area contributed by atoms with E-state index in [-0.39, 0.29) is 11.8 Å². The van der Waals surface area contributed by atoms with Crippen LogP contribution in [0.4, 0.5) is 5.69 Å². The summed E-state index contributed by atoms with van der Waals surface area (Å²) in [5.41, 5.74) is 5.66. The number of thiophene rings is 1. The number of likely N-dealkylation sites (tertiary alicyclic amines) is 1. The Balaban J connectivity index is 1.30. The Bertz CT molecular complexity index is 1380. The van der Waals surface area contributed by atoms with Crippen molar-refractivity contribution >= 4 is 50.7 Å². The molecule has 36 heavy (non-hydrogen) atoms. The fraction of sp³-hybridized carbons (Fsp3) is 0.481. The Labute approximate surface area is 218 Å². The molecule has 0 bridgehead atoms. The second-order valence-electron chi connectivity index (χ2n) is 10.7. The number of carbonyl (C=O) groups is 2. The van der Waals surface area contributed by atoms with Gasteiger partial charge in [-0.1, -0.05) is 11.6 Å². The van der Waals surface area contributed by atoms with E-state index in [1.54, 1.807) is 17.7 Å². The number of rotatable bonds is 4. The Hall–Kier alpha value is -2.55. The van der Waals surface area contributed by atoms with Gasteiger partial charge in [-0.3, -0.25) is 14.5 Å². The van der Waals surface area contributed by atoms with E-state index in [4.69, 9.17) is 16.6 Å². The summed E-state index contributed by atoms with van der Waals surface area (Å²) >= 11 is 8.23. The number of hydrogen-bond donors (Lipinski definition) is 1. The molecule has 0 unspecified atom stereocenters. The molecular formula is C27H28ClN5O2S. The first-order valence-corrected chi connectivity index (χ1v) is 14.1. The summed E-state index contributed by atoms with van der Waals surface area (Å²) in [7, 11) is 0. The predicted molar refractivity (Wildman–Crippen MR) is 141 cm³/mol. The summed E-state index contributed by atoms with van der Waals surface area (Å²) in [4.78, 5) is 38.6. The molecule has 186 valence electrons. The van der Waals surface area contributed by atoms with Gasteiger partial charge in [0.05, 0.1) is 22.5 Å². The molecule has 7 nitrogen and oxygen atoms in total. The first-order valence-electron chi connectivity index (χ1n) is 12.9. The number of fused-ring (bicyclic) bond motifs is 2. The lowest BCUT2D eigenvalue weighted by Crippen LogP contribution is -2.46. The number of nitrogens with one attached hydrogen (secondary N) is 1. The van der Waals surface area contributed by atoms with Gasteiger partial charge in [-0.2, -0.15) is 0 Å². The van der Waals surface area contributed by atoms with Crippen molar-refractivity contribution in [3.63, 3.8) is 0 Å². The van der Waals surface area contributed by atoms with Crippen LogP contribution in [-0.2, 0) is 22.6 Å². The standard InChI is InChI=1S/C27H28ClN5O2S/c28-17-9-16-3-1-8-32(18-12-27(31-13-18)6-2-7-27)25(16)20(10-17)24-26-21(29-15-30-24)11-19(36-26)14-33-22(34)4-5-23(33)35/h9-11,15,18,31H,1-8,12-14H2/t18-/m1/s1. The SMILES string of the molecule is O=C1CCC(=O)N1Cc1cc2ncnc(-c3cc(Cl)cc4c3N([C@H]3CNC5(CCC5)C3)CCC4)c2s1. The summed E-state index contributed by atoms with van der Waals surface area (Å²) in [6, 6.07) is 6.62. The molecule has 1 aromatic carbocycles. The highest BCUT2D eigenvalue weighted by Gasteiger charge is 2.45. The Morgan fingerprint density at radius 3 is 2.67 bits per heavy atom. The molecule has 3 fully saturated rings. The van der Waals surface area contributed by atoms with Gasteiger partial charge in [0.25, 0.3) is 0 Å². The van der Waals surface area contributed by atoms with E-state index in [0.717, 1.165) is 57.3 Å². The fourth-order valence-electron chi connectivity index (χ4n) is 6.55. The summed E-state index contributed by atoms with van der Waals surface area (Å²) in [6.45, 7) is 2.35. The molecule has 9 heteroatoms. The molecule has 0 radical (unpaired) electrons. The summed E-state index contributed by atoms with van der Waals surface area (Å²) in [6.07, 6.45) is 9.42. The molecule has 3 aromatic rings. The van der Waals surface area contributed by atoms with E-state index in [9.17, 15) is 9.59 Å². The first-order chi connectivity index (χ1) is 17.5. The minimum Gasteiger partial charge on any atom is -0.366 e. The molecule has 3 aliphatic heterocycles. The minimum atomic E-state index is -0.0993. The zero-order valence-corrected chi connectivity index (χ0v) is 21.6. The van der Waals surface area contributed by atoms with Crippen molar-refractivity contribution in [1.82, 2.24) is 20.2 Å². The molecule has 1 spiro atoms. The second-order valence-corrected chi connectivity index (χ2v) is 12.2. The van der Waals surface area contributed by atoms with Crippen LogP contribution in [0.25, 0.3) is 21.5 Å². The number of anilines is 1. The molecule has 2 amide bonds. The molecule has 1 N–H and O–H groups in total. The number of benzene rings is 1. The minimum absolute atomic E-state index is 0.0993. The lowest BCUT2D eigenvalue weighted by Gasteiger charge is -2.41. The van der Waals surface area contributed by atoms with Crippen molar-refractivity contribution in [1.29, 1.82) is 0 Å². The molecule has 1 atom stereocenters. The van der Waals surface area contributed by atoms with E-state index >= 15 is 0 Å². The van der Waals surface area contributed by atoms with E-state index in [2.05, 4.69) is 27.3 Å². The highest BCUT2D eigenvalue weighted by Crippen LogP contribution is 2.46. The van der Waals surface area contributed by atoms with Crippen LogP contribution >= 0.6 is 22.9 Å². The van der Waals surface area contributed by atoms with E-state index in [1.807, 2.05) is 6.07 Å². The predicted octanol–water partition coefficient (Wildman–Crippen LogP) is 4.70. The second kappa shape index (κ2) is 8.50. The number of carbonyl (C=O) groups excluding carboxylic acids is 2. The van der Waals surface area contributed by atoms with Gasteiger partial charge in [-0.15, -0.1) is 11.3 Å². The zero-order valence-electron chi connectivity index (χ0n) is 20.1. The molecule has 4 aliphatic rings. The molecule has 7 rings (SSSR count). The third-order valence-electron chi connectivity index (χ3n) is 8.46. The van der Waals surface area contributed by atoms with Crippen LogP contribution in [0.1, 0.15) is 55.4 Å². The topological polar surface area (TPSA) is 78.4 Å². The molecule has 5 heterocycles. The van der Waals surface area contributed by atoms with Gasteiger partial charge in [-0.05, 0) is 62.3 Å². The van der Waals surface area contributed by atoms with Crippen molar-refractivity contribution in [2.45, 2.75) is 69.5 Å². The number of aromatic nitrogens is 2. The number of aryl methyl sites for hydroxylation is 1. The van der Waals surface area contributed by atoms with Crippen LogP contribution in [0.15, 0.2) is 24.5 Å². The van der Waals surface area contributed by atoms with E-state index in [0.29, 0.717) is 31.0 Å². The molecule has 2 aromatic heterocycles. The van der Waals surface area contributed by atoms with Crippen molar-refractivity contribution in [2.75, 3.05) is 18.0 Å². The average molecular weight is 522 g/mol. The van der Waals surface area contributed by atoms with Crippen LogP contribution in [-0.4, -0.2) is 51.4 Å². The van der Waals surface area contributed by atoms with Crippen molar-refractivity contribution < 1.29 is 9.59 Å². The van der Waals surface area contributed by atoms with Crippen molar-refractivity contribution in [3.8, 4) is 11.3 Å². The normalized spacial score (nSPS) is 23.1. The number of halogens is 1. The van der Waals surface area contributed by atoms with Gasteiger partial charge >= 0.3 is 0 Å². The Morgan fingerprint density at radius 1 is 1.08 bits per heavy atom. The van der Waals surface area contributed by atoms with Gasteiger partial charge in [-0.25, -0.2) is 9.97 Å². The number of nitrogens with zero attached hydrogens (tertiary/aromatic N) is 4. The van der Waals surface area contributed by atoms with Gasteiger partial charge < -0.3 is 10.2 Å². The van der Waals surface area contributed by atoms with Crippen LogP contribution in [0.2, 0.25) is 5.02 Å². The van der Waals surface area contributed by atoms with Crippen molar-refractivity contribution in [2.24, 2.45) is 0 Å². The zero-order chi connectivity index (χ0) is 24.4. The third-order valence-corrected chi connectivity index (χ3v) is 9.80. The molecule has 1 saturated carbocycles. The summed E-state index contributed by atoms with van der Waals surface area (Å²) in [5, 5.41) is 4.57.